The van der Waals surface area contributed by atoms with Gasteiger partial charge in [0, 0.05) is 24.8 Å². The van der Waals surface area contributed by atoms with Gasteiger partial charge in [0.15, 0.2) is 0 Å². The average Bonchev–Trinajstić information content (AvgIpc) is 2.73. The van der Waals surface area contributed by atoms with E-state index in [0.29, 0.717) is 23.9 Å². The summed E-state index contributed by atoms with van der Waals surface area (Å²) >= 11 is 5.40. The number of ether oxygens (including phenoxy) is 1. The van der Waals surface area contributed by atoms with Crippen LogP contribution in [0.2, 0.25) is 0 Å². The molecule has 0 saturated heterocycles. The van der Waals surface area contributed by atoms with E-state index in [2.05, 4.69) is 27.4 Å². The van der Waals surface area contributed by atoms with Crippen molar-refractivity contribution >= 4 is 34.7 Å². The molecule has 3 aromatic rings. The standard InChI is InChI=1S/C21H21N5O2S/c1-28-16-8-4-7-15(11-16)23-20(29)17-18(22)24-21(25-19(17)27)26-10-9-13-5-2-3-6-14(13)12-26/h2-8,11H,9-10,12H2,1H3,(H,23,29)(H3,22,24,25,27). The van der Waals surface area contributed by atoms with Gasteiger partial charge >= 0.3 is 0 Å². The van der Waals surface area contributed by atoms with Crippen molar-refractivity contribution in [1.82, 2.24) is 9.97 Å². The van der Waals surface area contributed by atoms with Crippen LogP contribution in [0.1, 0.15) is 16.7 Å². The number of hydrogen-bond acceptors (Lipinski definition) is 6. The fraction of sp³-hybridized carbons (Fsp3) is 0.190. The monoisotopic (exact) mass is 407 g/mol. The molecule has 7 nitrogen and oxygen atoms in total. The number of hydrogen-bond donors (Lipinski definition) is 3. The molecule has 0 radical (unpaired) electrons. The van der Waals surface area contributed by atoms with Crippen LogP contribution in [0.15, 0.2) is 53.3 Å². The Morgan fingerprint density at radius 2 is 2.03 bits per heavy atom. The van der Waals surface area contributed by atoms with E-state index in [4.69, 9.17) is 22.7 Å². The number of aromatic amines is 1. The van der Waals surface area contributed by atoms with E-state index in [-0.39, 0.29) is 21.9 Å². The summed E-state index contributed by atoms with van der Waals surface area (Å²) in [5, 5.41) is 3.02. The SMILES string of the molecule is COc1cccc(NC(=S)c2c(N)nc(N3CCc4ccccc4C3)[nH]c2=O)c1. The average molecular weight is 407 g/mol. The number of nitrogen functional groups attached to an aromatic ring is 1. The molecule has 148 valence electrons. The van der Waals surface area contributed by atoms with Crippen molar-refractivity contribution in [3.8, 4) is 5.75 Å². The molecule has 0 unspecified atom stereocenters. The van der Waals surface area contributed by atoms with Gasteiger partial charge in [0.25, 0.3) is 5.56 Å². The minimum atomic E-state index is -0.369. The quantitative estimate of drug-likeness (QED) is 0.572. The van der Waals surface area contributed by atoms with Gasteiger partial charge in [-0.25, -0.2) is 0 Å². The maximum atomic E-state index is 12.7. The molecule has 1 aliphatic heterocycles. The maximum Gasteiger partial charge on any atom is 0.264 e. The first-order valence-corrected chi connectivity index (χ1v) is 9.63. The Hall–Kier alpha value is -3.39. The third-order valence-electron chi connectivity index (χ3n) is 4.92. The summed E-state index contributed by atoms with van der Waals surface area (Å²) in [7, 11) is 1.59. The molecule has 1 aliphatic rings. The molecule has 2 aromatic carbocycles. The Morgan fingerprint density at radius 1 is 1.24 bits per heavy atom. The van der Waals surface area contributed by atoms with Crippen LogP contribution < -0.4 is 26.2 Å². The number of rotatable bonds is 4. The van der Waals surface area contributed by atoms with E-state index in [0.717, 1.165) is 13.0 Å². The third-order valence-corrected chi connectivity index (χ3v) is 5.23. The zero-order valence-corrected chi connectivity index (χ0v) is 16.8. The van der Waals surface area contributed by atoms with Crippen LogP contribution in [0.5, 0.6) is 5.75 Å². The van der Waals surface area contributed by atoms with Crippen LogP contribution in [0.3, 0.4) is 0 Å². The summed E-state index contributed by atoms with van der Waals surface area (Å²) in [6, 6.07) is 15.5. The Morgan fingerprint density at radius 3 is 2.79 bits per heavy atom. The van der Waals surface area contributed by atoms with Crippen molar-refractivity contribution < 1.29 is 4.74 Å². The second kappa shape index (κ2) is 7.92. The molecule has 2 heterocycles. The summed E-state index contributed by atoms with van der Waals surface area (Å²) in [6.45, 7) is 1.43. The highest BCUT2D eigenvalue weighted by molar-refractivity contribution is 7.81. The lowest BCUT2D eigenvalue weighted by atomic mass is 10.0. The number of fused-ring (bicyclic) bond motifs is 1. The minimum absolute atomic E-state index is 0.100. The zero-order chi connectivity index (χ0) is 20.4. The van der Waals surface area contributed by atoms with Crippen molar-refractivity contribution in [3.05, 3.63) is 75.6 Å². The smallest absolute Gasteiger partial charge is 0.264 e. The lowest BCUT2D eigenvalue weighted by Crippen LogP contribution is -2.35. The number of benzene rings is 2. The molecule has 8 heteroatoms. The van der Waals surface area contributed by atoms with Gasteiger partial charge < -0.3 is 20.7 Å². The Labute approximate surface area is 173 Å². The van der Waals surface area contributed by atoms with Gasteiger partial charge in [-0.05, 0) is 29.7 Å². The fourth-order valence-corrected chi connectivity index (χ4v) is 3.73. The first-order valence-electron chi connectivity index (χ1n) is 9.22. The number of nitrogens with one attached hydrogen (secondary N) is 2. The molecular weight excluding hydrogens is 386 g/mol. The highest BCUT2D eigenvalue weighted by Crippen LogP contribution is 2.23. The molecule has 29 heavy (non-hydrogen) atoms. The van der Waals surface area contributed by atoms with Crippen molar-refractivity contribution in [2.24, 2.45) is 0 Å². The molecule has 0 saturated carbocycles. The van der Waals surface area contributed by atoms with E-state index >= 15 is 0 Å². The molecule has 0 amide bonds. The number of nitrogens with two attached hydrogens (primary N) is 1. The molecule has 0 spiro atoms. The van der Waals surface area contributed by atoms with Gasteiger partial charge in [-0.2, -0.15) is 4.98 Å². The second-order valence-electron chi connectivity index (χ2n) is 6.78. The largest absolute Gasteiger partial charge is 0.497 e. The predicted octanol–water partition coefficient (Wildman–Crippen LogP) is 2.71. The lowest BCUT2D eigenvalue weighted by Gasteiger charge is -2.29. The highest BCUT2D eigenvalue weighted by Gasteiger charge is 2.21. The zero-order valence-electron chi connectivity index (χ0n) is 15.9. The van der Waals surface area contributed by atoms with E-state index in [1.165, 1.54) is 11.1 Å². The molecular formula is C21H21N5O2S. The predicted molar refractivity (Wildman–Crippen MR) is 119 cm³/mol. The van der Waals surface area contributed by atoms with Gasteiger partial charge in [0.05, 0.1) is 7.11 Å². The molecule has 0 fully saturated rings. The fourth-order valence-electron chi connectivity index (χ4n) is 3.42. The minimum Gasteiger partial charge on any atom is -0.497 e. The number of aromatic nitrogens is 2. The molecule has 0 atom stereocenters. The Bertz CT molecular complexity index is 1130. The van der Waals surface area contributed by atoms with Crippen molar-refractivity contribution in [2.45, 2.75) is 13.0 Å². The van der Waals surface area contributed by atoms with Crippen LogP contribution in [0.4, 0.5) is 17.5 Å². The van der Waals surface area contributed by atoms with E-state index < -0.39 is 0 Å². The van der Waals surface area contributed by atoms with Gasteiger partial charge in [-0.1, -0.05) is 42.5 Å². The normalized spacial score (nSPS) is 12.9. The van der Waals surface area contributed by atoms with Crippen molar-refractivity contribution in [1.29, 1.82) is 0 Å². The van der Waals surface area contributed by atoms with Crippen LogP contribution >= 0.6 is 12.2 Å². The summed E-state index contributed by atoms with van der Waals surface area (Å²) in [4.78, 5) is 22.2. The summed E-state index contributed by atoms with van der Waals surface area (Å²) in [5.74, 6) is 1.23. The van der Waals surface area contributed by atoms with Crippen LogP contribution in [-0.4, -0.2) is 28.6 Å². The number of nitrogens with zero attached hydrogens (tertiary/aromatic N) is 2. The Balaban J connectivity index is 1.57. The van der Waals surface area contributed by atoms with Crippen LogP contribution in [-0.2, 0) is 13.0 Å². The lowest BCUT2D eigenvalue weighted by molar-refractivity contribution is 0.415. The summed E-state index contributed by atoms with van der Waals surface area (Å²) in [6.07, 6.45) is 0.886. The third kappa shape index (κ3) is 3.93. The van der Waals surface area contributed by atoms with Gasteiger partial charge in [-0.15, -0.1) is 0 Å². The molecule has 4 rings (SSSR count). The number of methoxy groups -OCH3 is 1. The van der Waals surface area contributed by atoms with E-state index in [1.54, 1.807) is 13.2 Å². The van der Waals surface area contributed by atoms with Crippen LogP contribution in [0.25, 0.3) is 0 Å². The van der Waals surface area contributed by atoms with Crippen molar-refractivity contribution in [3.63, 3.8) is 0 Å². The maximum absolute atomic E-state index is 12.7. The molecule has 4 N–H and O–H groups in total. The van der Waals surface area contributed by atoms with Gasteiger partial charge in [0.2, 0.25) is 5.95 Å². The van der Waals surface area contributed by atoms with Crippen molar-refractivity contribution in [2.75, 3.05) is 29.6 Å². The summed E-state index contributed by atoms with van der Waals surface area (Å²) in [5.41, 5.74) is 9.15. The number of thiocarbonyl (C=S) groups is 1. The van der Waals surface area contributed by atoms with Gasteiger partial charge in [0.1, 0.15) is 22.1 Å². The highest BCUT2D eigenvalue weighted by atomic mass is 32.1. The van der Waals surface area contributed by atoms with Crippen LogP contribution in [0, 0.1) is 0 Å². The van der Waals surface area contributed by atoms with Gasteiger partial charge in [-0.3, -0.25) is 9.78 Å². The number of anilines is 3. The number of H-pyrrole nitrogens is 1. The van der Waals surface area contributed by atoms with E-state index in [9.17, 15) is 4.79 Å². The first kappa shape index (κ1) is 18.9. The summed E-state index contributed by atoms with van der Waals surface area (Å²) < 4.78 is 5.20. The Kier molecular flexibility index (Phi) is 5.18. The first-order chi connectivity index (χ1) is 14.0. The molecule has 0 bridgehead atoms. The topological polar surface area (TPSA) is 96.3 Å². The molecule has 0 aliphatic carbocycles. The van der Waals surface area contributed by atoms with E-state index in [1.807, 2.05) is 35.2 Å². The molecule has 1 aromatic heterocycles. The second-order valence-corrected chi connectivity index (χ2v) is 7.18.